The fourth-order valence-electron chi connectivity index (χ4n) is 3.29. The van der Waals surface area contributed by atoms with E-state index in [2.05, 4.69) is 0 Å². The number of nitrogens with zero attached hydrogens (tertiary/aromatic N) is 1. The van der Waals surface area contributed by atoms with E-state index in [-0.39, 0.29) is 11.7 Å². The molecule has 0 aliphatic carbocycles. The van der Waals surface area contributed by atoms with Gasteiger partial charge in [0.1, 0.15) is 11.5 Å². The number of amides is 1. The third-order valence-corrected chi connectivity index (χ3v) is 4.75. The van der Waals surface area contributed by atoms with E-state index in [1.807, 2.05) is 31.2 Å². The van der Waals surface area contributed by atoms with Gasteiger partial charge in [0.05, 0.1) is 20.3 Å². The van der Waals surface area contributed by atoms with E-state index in [1.54, 1.807) is 37.3 Å². The van der Waals surface area contributed by atoms with Gasteiger partial charge in [-0.3, -0.25) is 9.59 Å². The molecule has 1 fully saturated rings. The second-order valence-corrected chi connectivity index (χ2v) is 6.49. The zero-order valence-electron chi connectivity index (χ0n) is 15.3. The van der Waals surface area contributed by atoms with Gasteiger partial charge >= 0.3 is 0 Å². The Morgan fingerprint density at radius 3 is 2.15 bits per heavy atom. The normalized spacial score (nSPS) is 16.4. The molecule has 2 aromatic carbocycles. The van der Waals surface area contributed by atoms with Gasteiger partial charge in [0.2, 0.25) is 0 Å². The highest BCUT2D eigenvalue weighted by Crippen LogP contribution is 2.27. The number of Topliss-reactive ketones (excluding diaryl/α,β-unsaturated/α-hetero) is 1. The number of likely N-dealkylation sites (tertiary alicyclic amines) is 1. The van der Waals surface area contributed by atoms with Crippen molar-refractivity contribution in [2.75, 3.05) is 20.8 Å². The lowest BCUT2D eigenvalue weighted by Crippen LogP contribution is -2.40. The number of carbonyl (C=O) groups excluding carboxylic acids is 2. The zero-order chi connectivity index (χ0) is 18.7. The third-order valence-electron chi connectivity index (χ3n) is 4.75. The molecular weight excluding hydrogens is 330 g/mol. The first-order valence-corrected chi connectivity index (χ1v) is 8.68. The number of ketones is 1. The summed E-state index contributed by atoms with van der Waals surface area (Å²) in [5.41, 5.74) is 2.21. The van der Waals surface area contributed by atoms with Crippen LogP contribution in [-0.4, -0.2) is 43.4 Å². The summed E-state index contributed by atoms with van der Waals surface area (Å²) in [5.74, 6) is 0.914. The van der Waals surface area contributed by atoms with Crippen LogP contribution in [0.3, 0.4) is 0 Å². The molecule has 1 aliphatic heterocycles. The fourth-order valence-corrected chi connectivity index (χ4v) is 3.29. The second kappa shape index (κ2) is 7.60. The van der Waals surface area contributed by atoms with Crippen LogP contribution >= 0.6 is 0 Å². The summed E-state index contributed by atoms with van der Waals surface area (Å²) < 4.78 is 10.5. The van der Waals surface area contributed by atoms with Crippen LogP contribution in [0.5, 0.6) is 11.5 Å². The summed E-state index contributed by atoms with van der Waals surface area (Å²) >= 11 is 0. The molecule has 0 saturated carbocycles. The number of rotatable bonds is 5. The van der Waals surface area contributed by atoms with E-state index in [0.717, 1.165) is 12.0 Å². The molecule has 136 valence electrons. The molecule has 1 saturated heterocycles. The number of aryl methyl sites for hydroxylation is 1. The van der Waals surface area contributed by atoms with Crippen molar-refractivity contribution < 1.29 is 19.1 Å². The summed E-state index contributed by atoms with van der Waals surface area (Å²) in [6.45, 7) is 2.55. The lowest BCUT2D eigenvalue weighted by molar-refractivity contribution is 0.0671. The van der Waals surface area contributed by atoms with E-state index in [4.69, 9.17) is 9.47 Å². The van der Waals surface area contributed by atoms with E-state index >= 15 is 0 Å². The Morgan fingerprint density at radius 2 is 1.58 bits per heavy atom. The van der Waals surface area contributed by atoms with Crippen LogP contribution in [0.2, 0.25) is 0 Å². The van der Waals surface area contributed by atoms with Gasteiger partial charge in [-0.2, -0.15) is 0 Å². The average molecular weight is 353 g/mol. The predicted octanol–water partition coefficient (Wildman–Crippen LogP) is 3.50. The van der Waals surface area contributed by atoms with Crippen molar-refractivity contribution in [3.05, 3.63) is 59.2 Å². The molecule has 0 bridgehead atoms. The first-order valence-electron chi connectivity index (χ1n) is 8.68. The van der Waals surface area contributed by atoms with Crippen molar-refractivity contribution in [1.82, 2.24) is 4.90 Å². The maximum absolute atomic E-state index is 13.0. The van der Waals surface area contributed by atoms with Crippen molar-refractivity contribution in [2.24, 2.45) is 0 Å². The topological polar surface area (TPSA) is 55.8 Å². The van der Waals surface area contributed by atoms with Gasteiger partial charge in [-0.1, -0.05) is 29.8 Å². The lowest BCUT2D eigenvalue weighted by atomic mass is 10.0. The smallest absolute Gasteiger partial charge is 0.254 e. The molecule has 1 atom stereocenters. The van der Waals surface area contributed by atoms with Crippen molar-refractivity contribution in [2.45, 2.75) is 25.8 Å². The standard InChI is InChI=1S/C21H23NO4/c1-14-6-8-15(9-7-14)20(23)19-5-4-10-22(19)21(24)16-11-17(25-2)13-18(12-16)26-3/h6-9,11-13,19H,4-5,10H2,1-3H3. The van der Waals surface area contributed by atoms with Gasteiger partial charge in [-0.25, -0.2) is 0 Å². The van der Waals surface area contributed by atoms with Crippen LogP contribution in [-0.2, 0) is 0 Å². The van der Waals surface area contributed by atoms with Gasteiger partial charge < -0.3 is 14.4 Å². The molecule has 26 heavy (non-hydrogen) atoms. The molecule has 1 heterocycles. The molecule has 1 aliphatic rings. The number of methoxy groups -OCH3 is 2. The van der Waals surface area contributed by atoms with Crippen molar-refractivity contribution in [1.29, 1.82) is 0 Å². The summed E-state index contributed by atoms with van der Waals surface area (Å²) in [6, 6.07) is 12.1. The van der Waals surface area contributed by atoms with Crippen LogP contribution in [0.15, 0.2) is 42.5 Å². The molecule has 5 nitrogen and oxygen atoms in total. The zero-order valence-corrected chi connectivity index (χ0v) is 15.3. The van der Waals surface area contributed by atoms with Crippen molar-refractivity contribution >= 4 is 11.7 Å². The van der Waals surface area contributed by atoms with Gasteiger partial charge in [-0.05, 0) is 31.9 Å². The fraction of sp³-hybridized carbons (Fsp3) is 0.333. The molecule has 5 heteroatoms. The van der Waals surface area contributed by atoms with Gasteiger partial charge in [-0.15, -0.1) is 0 Å². The Bertz CT molecular complexity index is 791. The number of benzene rings is 2. The lowest BCUT2D eigenvalue weighted by Gasteiger charge is -2.24. The predicted molar refractivity (Wildman–Crippen MR) is 99.1 cm³/mol. The first-order chi connectivity index (χ1) is 12.5. The molecular formula is C21H23NO4. The van der Waals surface area contributed by atoms with Crippen molar-refractivity contribution in [3.8, 4) is 11.5 Å². The minimum absolute atomic E-state index is 0.00860. The molecule has 0 aromatic heterocycles. The van der Waals surface area contributed by atoms with Gasteiger partial charge in [0.25, 0.3) is 5.91 Å². The molecule has 1 amide bonds. The molecule has 0 radical (unpaired) electrons. The molecule has 2 aromatic rings. The Balaban J connectivity index is 1.86. The third kappa shape index (κ3) is 3.57. The summed E-state index contributed by atoms with van der Waals surface area (Å²) in [5, 5.41) is 0. The largest absolute Gasteiger partial charge is 0.497 e. The SMILES string of the molecule is COc1cc(OC)cc(C(=O)N2CCCC2C(=O)c2ccc(C)cc2)c1. The highest BCUT2D eigenvalue weighted by Gasteiger charge is 2.35. The molecule has 0 spiro atoms. The minimum Gasteiger partial charge on any atom is -0.497 e. The first kappa shape index (κ1) is 18.0. The van der Waals surface area contributed by atoms with Crippen LogP contribution in [0.4, 0.5) is 0 Å². The van der Waals surface area contributed by atoms with E-state index < -0.39 is 6.04 Å². The maximum atomic E-state index is 13.0. The monoisotopic (exact) mass is 353 g/mol. The maximum Gasteiger partial charge on any atom is 0.254 e. The number of hydrogen-bond donors (Lipinski definition) is 0. The van der Waals surface area contributed by atoms with Gasteiger partial charge in [0, 0.05) is 23.7 Å². The van der Waals surface area contributed by atoms with Crippen LogP contribution < -0.4 is 9.47 Å². The number of hydrogen-bond acceptors (Lipinski definition) is 4. The van der Waals surface area contributed by atoms with Gasteiger partial charge in [0.15, 0.2) is 5.78 Å². The average Bonchev–Trinajstić information content (AvgIpc) is 3.16. The molecule has 1 unspecified atom stereocenters. The van der Waals surface area contributed by atoms with Crippen LogP contribution in [0, 0.1) is 6.92 Å². The van der Waals surface area contributed by atoms with Crippen LogP contribution in [0.25, 0.3) is 0 Å². The summed E-state index contributed by atoms with van der Waals surface area (Å²) in [6.07, 6.45) is 1.49. The Morgan fingerprint density at radius 1 is 0.962 bits per heavy atom. The van der Waals surface area contributed by atoms with E-state index in [0.29, 0.717) is 35.6 Å². The quantitative estimate of drug-likeness (QED) is 0.772. The summed E-state index contributed by atoms with van der Waals surface area (Å²) in [4.78, 5) is 27.6. The highest BCUT2D eigenvalue weighted by atomic mass is 16.5. The Hall–Kier alpha value is -2.82. The number of carbonyl (C=O) groups is 2. The highest BCUT2D eigenvalue weighted by molar-refractivity contribution is 6.04. The minimum atomic E-state index is -0.428. The Labute approximate surface area is 153 Å². The Kier molecular flexibility index (Phi) is 5.26. The molecule has 3 rings (SSSR count). The van der Waals surface area contributed by atoms with Crippen molar-refractivity contribution in [3.63, 3.8) is 0 Å². The van der Waals surface area contributed by atoms with Crippen LogP contribution in [0.1, 0.15) is 39.1 Å². The summed E-state index contributed by atoms with van der Waals surface area (Å²) in [7, 11) is 3.09. The molecule has 0 N–H and O–H groups in total. The number of ether oxygens (including phenoxy) is 2. The second-order valence-electron chi connectivity index (χ2n) is 6.49. The van der Waals surface area contributed by atoms with E-state index in [9.17, 15) is 9.59 Å². The van der Waals surface area contributed by atoms with E-state index in [1.165, 1.54) is 0 Å².